The molecule has 0 radical (unpaired) electrons. The van der Waals surface area contributed by atoms with Crippen LogP contribution in [0.25, 0.3) is 0 Å². The Kier molecular flexibility index (Phi) is 16.9. The summed E-state index contributed by atoms with van der Waals surface area (Å²) < 4.78 is 374. The molecule has 0 saturated carbocycles. The minimum atomic E-state index is -5.79. The summed E-state index contributed by atoms with van der Waals surface area (Å²) in [5, 5.41) is -6.26. The Morgan fingerprint density at radius 1 is 0.385 bits per heavy atom. The molecule has 0 spiro atoms. The van der Waals surface area contributed by atoms with Crippen LogP contribution in [0.2, 0.25) is 0 Å². The van der Waals surface area contributed by atoms with Crippen LogP contribution in [0, 0.1) is 5.92 Å². The topological polar surface area (TPSA) is 36.9 Å². The van der Waals surface area contributed by atoms with Crippen molar-refractivity contribution >= 4 is 37.1 Å². The summed E-state index contributed by atoms with van der Waals surface area (Å²) in [6, 6.07) is -2.36. The van der Waals surface area contributed by atoms with E-state index in [9.17, 15) is 105 Å². The van der Waals surface area contributed by atoms with E-state index in [1.54, 1.807) is 0 Å². The van der Waals surface area contributed by atoms with Crippen LogP contribution in [-0.2, 0) is 68.4 Å². The number of hydrogen-bond donors (Lipinski definition) is 0. The molecule has 426 valence electrons. The van der Waals surface area contributed by atoms with E-state index < -0.39 is 208 Å². The molecule has 3 unspecified atom stereocenters. The predicted molar refractivity (Wildman–Crippen MR) is 233 cm³/mol. The zero-order valence-corrected chi connectivity index (χ0v) is 41.0. The SMILES string of the molecule is COC1=CC(P(c2cc(C(F)(F)F)cc(C(F)(F)F)c2)c2cc(C(F)(F)F)cc(C(F)(F)F)c2)C(C2=C(OC)CC(OC)C=C2P(c2cc(C(F)(F)F)cc(C(F)(F)F)c2)c2cc(C(F)(F)F)cc(C(F)(F)F)c2)C(OC)=C1. The molecule has 0 fully saturated rings. The van der Waals surface area contributed by atoms with Gasteiger partial charge in [0.2, 0.25) is 0 Å². The third-order valence-electron chi connectivity index (χ3n) is 11.8. The Bertz CT molecular complexity index is 2740. The summed E-state index contributed by atoms with van der Waals surface area (Å²) >= 11 is 0. The zero-order chi connectivity index (χ0) is 58.8. The van der Waals surface area contributed by atoms with Gasteiger partial charge < -0.3 is 18.9 Å². The highest BCUT2D eigenvalue weighted by atomic mass is 31.1. The van der Waals surface area contributed by atoms with Crippen molar-refractivity contribution in [3.63, 3.8) is 0 Å². The van der Waals surface area contributed by atoms with Gasteiger partial charge in [0.05, 0.1) is 77.9 Å². The molecule has 0 heterocycles. The molecule has 4 nitrogen and oxygen atoms in total. The molecule has 3 atom stereocenters. The maximum Gasteiger partial charge on any atom is 0.416 e. The van der Waals surface area contributed by atoms with Crippen LogP contribution in [0.5, 0.6) is 0 Å². The molecule has 78 heavy (non-hydrogen) atoms. The molecule has 2 aliphatic carbocycles. The van der Waals surface area contributed by atoms with Crippen LogP contribution >= 0.6 is 15.8 Å². The first kappa shape index (κ1) is 61.6. The van der Waals surface area contributed by atoms with Gasteiger partial charge in [-0.3, -0.25) is 0 Å². The highest BCUT2D eigenvalue weighted by Crippen LogP contribution is 2.60. The number of allylic oxidation sites excluding steroid dienone is 4. The first-order valence-electron chi connectivity index (χ1n) is 21.3. The van der Waals surface area contributed by atoms with Crippen LogP contribution in [0.3, 0.4) is 0 Å². The molecule has 0 amide bonds. The number of hydrogen-bond acceptors (Lipinski definition) is 4. The van der Waals surface area contributed by atoms with Crippen LogP contribution < -0.4 is 21.2 Å². The Hall–Kier alpha value is -5.62. The van der Waals surface area contributed by atoms with Gasteiger partial charge in [0.25, 0.3) is 0 Å². The molecule has 0 aromatic heterocycles. The number of alkyl halides is 24. The first-order valence-corrected chi connectivity index (χ1v) is 24.1. The molecule has 0 N–H and O–H groups in total. The predicted octanol–water partition coefficient (Wildman–Crippen LogP) is 15.7. The fourth-order valence-electron chi connectivity index (χ4n) is 8.40. The van der Waals surface area contributed by atoms with Crippen LogP contribution in [0.1, 0.15) is 50.9 Å². The third kappa shape index (κ3) is 13.5. The Morgan fingerprint density at radius 3 is 0.949 bits per heavy atom. The number of ether oxygens (including phenoxy) is 4. The first-order chi connectivity index (χ1) is 35.5. The maximum absolute atomic E-state index is 14.7. The average molecular weight is 1190 g/mol. The van der Waals surface area contributed by atoms with Crippen LogP contribution in [0.4, 0.5) is 105 Å². The fraction of sp³-hybridized carbons (Fsp3) is 0.333. The molecule has 4 aromatic rings. The van der Waals surface area contributed by atoms with Crippen molar-refractivity contribution in [3.05, 3.63) is 164 Å². The summed E-state index contributed by atoms with van der Waals surface area (Å²) in [7, 11) is -4.45. The second-order valence-electron chi connectivity index (χ2n) is 16.8. The third-order valence-corrected chi connectivity index (χ3v) is 16.9. The normalized spacial score (nSPS) is 18.5. The molecule has 0 aliphatic heterocycles. The lowest BCUT2D eigenvalue weighted by molar-refractivity contribution is -0.144. The maximum atomic E-state index is 14.7. The number of benzene rings is 4. The van der Waals surface area contributed by atoms with Crippen molar-refractivity contribution < 1.29 is 124 Å². The lowest BCUT2D eigenvalue weighted by Gasteiger charge is -2.42. The van der Waals surface area contributed by atoms with E-state index in [2.05, 4.69) is 0 Å². The molecule has 6 rings (SSSR count). The second-order valence-corrected chi connectivity index (χ2v) is 21.4. The van der Waals surface area contributed by atoms with E-state index in [4.69, 9.17) is 18.9 Å². The van der Waals surface area contributed by atoms with Crippen LogP contribution in [-0.4, -0.2) is 40.2 Å². The zero-order valence-electron chi connectivity index (χ0n) is 39.2. The second kappa shape index (κ2) is 21.5. The van der Waals surface area contributed by atoms with E-state index >= 15 is 0 Å². The van der Waals surface area contributed by atoms with Gasteiger partial charge in [0.1, 0.15) is 17.3 Å². The molecule has 0 saturated heterocycles. The van der Waals surface area contributed by atoms with E-state index in [0.717, 1.165) is 46.7 Å². The van der Waals surface area contributed by atoms with Crippen molar-refractivity contribution in [2.45, 2.75) is 67.6 Å². The molecular weight excluding hydrogens is 1160 g/mol. The molecule has 0 bridgehead atoms. The summed E-state index contributed by atoms with van der Waals surface area (Å²) in [4.78, 5) is 0. The lowest BCUT2D eigenvalue weighted by Crippen LogP contribution is -2.36. The smallest absolute Gasteiger partial charge is 0.416 e. The lowest BCUT2D eigenvalue weighted by atomic mass is 9.84. The number of halogens is 24. The summed E-state index contributed by atoms with van der Waals surface area (Å²) in [6.45, 7) is 0. The Labute approximate surface area is 426 Å². The molecular formula is C48H32F24O4P2. The van der Waals surface area contributed by atoms with Gasteiger partial charge in [0, 0.05) is 30.8 Å². The quantitative estimate of drug-likeness (QED) is 0.111. The van der Waals surface area contributed by atoms with E-state index in [1.165, 1.54) is 0 Å². The van der Waals surface area contributed by atoms with Crippen LogP contribution in [0.15, 0.2) is 119 Å². The van der Waals surface area contributed by atoms with Crippen molar-refractivity contribution in [3.8, 4) is 0 Å². The van der Waals surface area contributed by atoms with Crippen molar-refractivity contribution in [1.82, 2.24) is 0 Å². The highest BCUT2D eigenvalue weighted by Gasteiger charge is 2.49. The monoisotopic (exact) mass is 1190 g/mol. The average Bonchev–Trinajstić information content (AvgIpc) is 3.31. The van der Waals surface area contributed by atoms with Gasteiger partial charge in [-0.25, -0.2) is 0 Å². The van der Waals surface area contributed by atoms with Crippen molar-refractivity contribution in [2.75, 3.05) is 28.4 Å². The number of rotatable bonds is 11. The van der Waals surface area contributed by atoms with E-state index in [-0.39, 0.29) is 48.5 Å². The molecule has 4 aromatic carbocycles. The van der Waals surface area contributed by atoms with E-state index in [1.807, 2.05) is 0 Å². The minimum absolute atomic E-state index is 0.0592. The van der Waals surface area contributed by atoms with Gasteiger partial charge in [-0.15, -0.1) is 0 Å². The largest absolute Gasteiger partial charge is 0.501 e. The standard InChI is InChI=1S/C48H32F24O4P2/c1-73-29-17-35(75-3)39(37(19-29)77(31-9-21(41(49,50)51)5-22(10-31)42(52,53)54)32-11-23(43(55,56)57)6-24(12-32)44(58,59)60)40-36(76-4)18-30(74-2)20-38(40)78(33-13-25(45(61,62)63)7-26(14-33)46(64,65)66)34-15-27(47(67,68)69)8-28(16-34)48(70,71)72/h5-17,19-20,30,37,39H,18H2,1-4H3. The minimum Gasteiger partial charge on any atom is -0.501 e. The van der Waals surface area contributed by atoms with Gasteiger partial charge in [-0.1, -0.05) is 0 Å². The Balaban J connectivity index is 1.89. The van der Waals surface area contributed by atoms with Gasteiger partial charge in [-0.2, -0.15) is 105 Å². The summed E-state index contributed by atoms with van der Waals surface area (Å²) in [5.74, 6) is -4.28. The summed E-state index contributed by atoms with van der Waals surface area (Å²) in [6.07, 6.45) is -46.2. The van der Waals surface area contributed by atoms with Gasteiger partial charge in [0.15, 0.2) is 0 Å². The highest BCUT2D eigenvalue weighted by molar-refractivity contribution is 7.77. The Morgan fingerprint density at radius 2 is 0.692 bits per heavy atom. The fourth-order valence-corrected chi connectivity index (χ4v) is 14.1. The molecule has 2 aliphatic rings. The number of methoxy groups -OCH3 is 4. The van der Waals surface area contributed by atoms with Crippen molar-refractivity contribution in [1.29, 1.82) is 0 Å². The molecule has 30 heteroatoms. The van der Waals surface area contributed by atoms with Gasteiger partial charge >= 0.3 is 49.4 Å². The summed E-state index contributed by atoms with van der Waals surface area (Å²) in [5.41, 5.74) is -20.7. The van der Waals surface area contributed by atoms with E-state index in [0.29, 0.717) is 0 Å². The van der Waals surface area contributed by atoms with Gasteiger partial charge in [-0.05, 0) is 127 Å². The van der Waals surface area contributed by atoms with Crippen molar-refractivity contribution in [2.24, 2.45) is 5.92 Å².